The molecule has 2 amide bonds. The molecule has 0 bridgehead atoms. The van der Waals surface area contributed by atoms with Crippen molar-refractivity contribution in [3.8, 4) is 5.75 Å². The summed E-state index contributed by atoms with van der Waals surface area (Å²) in [6, 6.07) is 10.6. The van der Waals surface area contributed by atoms with Crippen LogP contribution < -0.4 is 15.4 Å². The summed E-state index contributed by atoms with van der Waals surface area (Å²) in [5.74, 6) is 0.233. The molecule has 0 fully saturated rings. The van der Waals surface area contributed by atoms with Crippen LogP contribution in [0, 0.1) is 0 Å². The highest BCUT2D eigenvalue weighted by molar-refractivity contribution is 7.99. The lowest BCUT2D eigenvalue weighted by Crippen LogP contribution is -2.28. The highest BCUT2D eigenvalue weighted by Gasteiger charge is 2.30. The molecule has 1 aromatic heterocycles. The van der Waals surface area contributed by atoms with Crippen LogP contribution in [0.4, 0.5) is 18.9 Å². The second-order valence-corrected chi connectivity index (χ2v) is 8.18. The molecule has 2 aromatic carbocycles. The van der Waals surface area contributed by atoms with Crippen LogP contribution in [0.1, 0.15) is 34.7 Å². The van der Waals surface area contributed by atoms with Crippen LogP contribution in [-0.4, -0.2) is 39.4 Å². The van der Waals surface area contributed by atoms with Crippen molar-refractivity contribution in [3.63, 3.8) is 0 Å². The van der Waals surface area contributed by atoms with Gasteiger partial charge in [0.15, 0.2) is 11.0 Å². The van der Waals surface area contributed by atoms with Gasteiger partial charge in [-0.25, -0.2) is 0 Å². The van der Waals surface area contributed by atoms with Crippen molar-refractivity contribution in [2.75, 3.05) is 18.2 Å². The van der Waals surface area contributed by atoms with E-state index in [0.29, 0.717) is 22.3 Å². The number of amides is 2. The van der Waals surface area contributed by atoms with Gasteiger partial charge >= 0.3 is 6.18 Å². The number of benzene rings is 2. The highest BCUT2D eigenvalue weighted by atomic mass is 32.2. The molecule has 1 heterocycles. The van der Waals surface area contributed by atoms with E-state index in [1.54, 1.807) is 42.8 Å². The van der Waals surface area contributed by atoms with Gasteiger partial charge in [-0.3, -0.25) is 9.59 Å². The van der Waals surface area contributed by atoms with Gasteiger partial charge in [0.1, 0.15) is 5.75 Å². The lowest BCUT2D eigenvalue weighted by Gasteiger charge is -2.14. The Morgan fingerprint density at radius 2 is 1.85 bits per heavy atom. The number of nitrogens with one attached hydrogen (secondary N) is 2. The van der Waals surface area contributed by atoms with Crippen molar-refractivity contribution >= 4 is 29.3 Å². The fourth-order valence-electron chi connectivity index (χ4n) is 3.02. The van der Waals surface area contributed by atoms with E-state index in [0.717, 1.165) is 23.9 Å². The van der Waals surface area contributed by atoms with Gasteiger partial charge in [-0.05, 0) is 49.4 Å². The zero-order chi connectivity index (χ0) is 24.9. The maximum Gasteiger partial charge on any atom is 0.416 e. The molecule has 1 atom stereocenters. The van der Waals surface area contributed by atoms with Crippen molar-refractivity contribution in [1.29, 1.82) is 0 Å². The number of hydrogen-bond donors (Lipinski definition) is 2. The molecule has 0 aliphatic carbocycles. The smallest absolute Gasteiger partial charge is 0.416 e. The van der Waals surface area contributed by atoms with Gasteiger partial charge < -0.3 is 19.9 Å². The lowest BCUT2D eigenvalue weighted by molar-refractivity contribution is -0.137. The molecule has 0 aliphatic heterocycles. The molecule has 3 aromatic rings. The first-order valence-electron chi connectivity index (χ1n) is 10.0. The van der Waals surface area contributed by atoms with Gasteiger partial charge in [0, 0.05) is 18.3 Å². The van der Waals surface area contributed by atoms with Gasteiger partial charge in [0.2, 0.25) is 5.91 Å². The Kier molecular flexibility index (Phi) is 7.82. The molecule has 3 rings (SSSR count). The maximum atomic E-state index is 12.8. The molecule has 34 heavy (non-hydrogen) atoms. The Balaban J connectivity index is 1.57. The summed E-state index contributed by atoms with van der Waals surface area (Å²) in [5, 5.41) is 13.8. The minimum atomic E-state index is -4.50. The third kappa shape index (κ3) is 6.28. The Morgan fingerprint density at radius 1 is 1.15 bits per heavy atom. The van der Waals surface area contributed by atoms with E-state index < -0.39 is 23.7 Å². The normalized spacial score (nSPS) is 12.2. The molecular formula is C22H22F3N5O3S. The second-order valence-electron chi connectivity index (χ2n) is 7.24. The quantitative estimate of drug-likeness (QED) is 0.459. The summed E-state index contributed by atoms with van der Waals surface area (Å²) in [4.78, 5) is 24.7. The van der Waals surface area contributed by atoms with E-state index >= 15 is 0 Å². The average Bonchev–Trinajstić information content (AvgIpc) is 3.17. The number of thioether (sulfide) groups is 1. The summed E-state index contributed by atoms with van der Waals surface area (Å²) < 4.78 is 45.2. The summed E-state index contributed by atoms with van der Waals surface area (Å²) in [6.07, 6.45) is -4.50. The van der Waals surface area contributed by atoms with Crippen LogP contribution in [0.25, 0.3) is 0 Å². The first-order valence-corrected chi connectivity index (χ1v) is 11.0. The van der Waals surface area contributed by atoms with Crippen molar-refractivity contribution in [1.82, 2.24) is 20.1 Å². The van der Waals surface area contributed by atoms with E-state index in [9.17, 15) is 22.8 Å². The summed E-state index contributed by atoms with van der Waals surface area (Å²) >= 11 is 1.07. The van der Waals surface area contributed by atoms with Crippen LogP contribution in [-0.2, 0) is 18.0 Å². The van der Waals surface area contributed by atoms with Gasteiger partial charge in [-0.2, -0.15) is 13.2 Å². The summed E-state index contributed by atoms with van der Waals surface area (Å²) in [5.41, 5.74) is -0.341. The number of carbonyl (C=O) groups is 2. The Hall–Kier alpha value is -3.54. The van der Waals surface area contributed by atoms with Crippen molar-refractivity contribution in [2.24, 2.45) is 7.05 Å². The molecule has 0 saturated heterocycles. The average molecular weight is 494 g/mol. The Morgan fingerprint density at radius 3 is 2.50 bits per heavy atom. The molecule has 0 spiro atoms. The van der Waals surface area contributed by atoms with Crippen molar-refractivity contribution in [2.45, 2.75) is 24.3 Å². The predicted molar refractivity (Wildman–Crippen MR) is 121 cm³/mol. The molecule has 180 valence electrons. The molecule has 8 nitrogen and oxygen atoms in total. The number of methoxy groups -OCH3 is 1. The van der Waals surface area contributed by atoms with E-state index in [-0.39, 0.29) is 17.3 Å². The summed E-state index contributed by atoms with van der Waals surface area (Å²) in [7, 11) is 3.23. The van der Waals surface area contributed by atoms with Crippen LogP contribution in [0.3, 0.4) is 0 Å². The molecule has 0 aliphatic rings. The van der Waals surface area contributed by atoms with Crippen LogP contribution in [0.15, 0.2) is 53.7 Å². The molecule has 0 saturated carbocycles. The zero-order valence-corrected chi connectivity index (χ0v) is 19.3. The number of halogens is 3. The number of anilines is 1. The van der Waals surface area contributed by atoms with E-state index in [2.05, 4.69) is 20.8 Å². The topological polar surface area (TPSA) is 98.1 Å². The number of ether oxygens (including phenoxy) is 1. The SMILES string of the molecule is COc1ccc(C(=O)N[C@H](C)c2nnc(SCC(=O)Nc3cccc(C(F)(F)F)c3)n2C)cc1. The van der Waals surface area contributed by atoms with Crippen LogP contribution in [0.5, 0.6) is 5.75 Å². The highest BCUT2D eigenvalue weighted by Crippen LogP contribution is 2.30. The van der Waals surface area contributed by atoms with Gasteiger partial charge in [-0.15, -0.1) is 10.2 Å². The van der Waals surface area contributed by atoms with E-state index in [1.165, 1.54) is 19.2 Å². The zero-order valence-electron chi connectivity index (χ0n) is 18.5. The van der Waals surface area contributed by atoms with Crippen molar-refractivity contribution < 1.29 is 27.5 Å². The molecular weight excluding hydrogens is 471 g/mol. The van der Waals surface area contributed by atoms with Gasteiger partial charge in [0.25, 0.3) is 5.91 Å². The lowest BCUT2D eigenvalue weighted by atomic mass is 10.2. The molecule has 2 N–H and O–H groups in total. The number of carbonyl (C=O) groups excluding carboxylic acids is 2. The largest absolute Gasteiger partial charge is 0.497 e. The third-order valence-electron chi connectivity index (χ3n) is 4.76. The second kappa shape index (κ2) is 10.6. The third-order valence-corrected chi connectivity index (χ3v) is 5.78. The summed E-state index contributed by atoms with van der Waals surface area (Å²) in [6.45, 7) is 1.75. The number of hydrogen-bond acceptors (Lipinski definition) is 6. The number of alkyl halides is 3. The first-order chi connectivity index (χ1) is 16.1. The number of aromatic nitrogens is 3. The Labute approximate surface area is 197 Å². The van der Waals surface area contributed by atoms with Crippen LogP contribution in [0.2, 0.25) is 0 Å². The van der Waals surface area contributed by atoms with E-state index in [1.807, 2.05) is 0 Å². The predicted octanol–water partition coefficient (Wildman–Crippen LogP) is 4.06. The molecule has 12 heteroatoms. The molecule has 0 radical (unpaired) electrons. The van der Waals surface area contributed by atoms with Gasteiger partial charge in [0.05, 0.1) is 24.5 Å². The van der Waals surface area contributed by atoms with E-state index in [4.69, 9.17) is 4.74 Å². The van der Waals surface area contributed by atoms with Crippen molar-refractivity contribution in [3.05, 3.63) is 65.5 Å². The minimum absolute atomic E-state index is 0.0499. The monoisotopic (exact) mass is 493 g/mol. The molecule has 0 unspecified atom stereocenters. The standard InChI is InChI=1S/C22H22F3N5O3S/c1-13(26-20(32)14-7-9-17(33-3)10-8-14)19-28-29-21(30(19)2)34-12-18(31)27-16-6-4-5-15(11-16)22(23,24)25/h4-11,13H,12H2,1-3H3,(H,26,32)(H,27,31)/t13-/m1/s1. The fraction of sp³-hybridized carbons (Fsp3) is 0.273. The van der Waals surface area contributed by atoms with Crippen LogP contribution >= 0.6 is 11.8 Å². The maximum absolute atomic E-state index is 12.8. The first kappa shape index (κ1) is 25.1. The van der Waals surface area contributed by atoms with Gasteiger partial charge in [-0.1, -0.05) is 17.8 Å². The number of rotatable bonds is 8. The number of nitrogens with zero attached hydrogens (tertiary/aromatic N) is 3. The minimum Gasteiger partial charge on any atom is -0.497 e. The Bertz CT molecular complexity index is 1170. The fourth-order valence-corrected chi connectivity index (χ4v) is 3.73.